The van der Waals surface area contributed by atoms with E-state index in [0.29, 0.717) is 28.5 Å². The van der Waals surface area contributed by atoms with Crippen LogP contribution in [0.4, 0.5) is 0 Å². The van der Waals surface area contributed by atoms with E-state index in [2.05, 4.69) is 26.4 Å². The van der Waals surface area contributed by atoms with Crippen LogP contribution >= 0.6 is 12.2 Å². The zero-order valence-electron chi connectivity index (χ0n) is 15.1. The summed E-state index contributed by atoms with van der Waals surface area (Å²) in [6.45, 7) is 0. The third-order valence-corrected chi connectivity index (χ3v) is 5.77. The van der Waals surface area contributed by atoms with Crippen LogP contribution in [0.1, 0.15) is 36.2 Å². The molecule has 2 bridgehead atoms. The summed E-state index contributed by atoms with van der Waals surface area (Å²) >= 11 is 5.31. The number of carbonyl (C=O) groups is 1. The zero-order valence-corrected chi connectivity index (χ0v) is 15.9. The van der Waals surface area contributed by atoms with Gasteiger partial charge in [0.15, 0.2) is 5.11 Å². The molecule has 27 heavy (non-hydrogen) atoms. The number of hydrazine groups is 1. The van der Waals surface area contributed by atoms with E-state index < -0.39 is 0 Å². The molecule has 0 saturated heterocycles. The van der Waals surface area contributed by atoms with Gasteiger partial charge in [0, 0.05) is 11.6 Å². The summed E-state index contributed by atoms with van der Waals surface area (Å²) in [7, 11) is 1.62. The van der Waals surface area contributed by atoms with Crippen LogP contribution in [0, 0.1) is 11.8 Å². The summed E-state index contributed by atoms with van der Waals surface area (Å²) < 4.78 is 5.15. The van der Waals surface area contributed by atoms with Gasteiger partial charge < -0.3 is 10.1 Å². The lowest BCUT2D eigenvalue weighted by Gasteiger charge is -2.24. The van der Waals surface area contributed by atoms with Crippen LogP contribution in [0.3, 0.4) is 0 Å². The first kappa shape index (κ1) is 17.8. The van der Waals surface area contributed by atoms with E-state index >= 15 is 0 Å². The zero-order chi connectivity index (χ0) is 18.8. The molecule has 4 N–H and O–H groups in total. The van der Waals surface area contributed by atoms with E-state index in [9.17, 15) is 4.79 Å². The van der Waals surface area contributed by atoms with Gasteiger partial charge in [0.25, 0.3) is 5.91 Å². The van der Waals surface area contributed by atoms with Gasteiger partial charge in [0.2, 0.25) is 0 Å². The first-order valence-electron chi connectivity index (χ1n) is 9.19. The van der Waals surface area contributed by atoms with Crippen LogP contribution < -0.4 is 20.9 Å². The summed E-state index contributed by atoms with van der Waals surface area (Å²) in [5, 5.41) is 10.7. The van der Waals surface area contributed by atoms with Crippen LogP contribution in [0.25, 0.3) is 11.3 Å². The number of fused-ring (bicyclic) bond motifs is 2. The van der Waals surface area contributed by atoms with Crippen LogP contribution in [-0.4, -0.2) is 34.4 Å². The highest BCUT2D eigenvalue weighted by Gasteiger charge is 2.39. The number of carbonyl (C=O) groups excluding carboxylic acids is 1. The second kappa shape index (κ2) is 7.56. The molecular weight excluding hydrogens is 362 g/mol. The van der Waals surface area contributed by atoms with E-state index in [1.54, 1.807) is 13.2 Å². The van der Waals surface area contributed by atoms with Crippen molar-refractivity contribution in [1.82, 2.24) is 26.4 Å². The lowest BCUT2D eigenvalue weighted by molar-refractivity contribution is 0.0938. The van der Waals surface area contributed by atoms with Gasteiger partial charge in [-0.05, 0) is 73.6 Å². The molecule has 1 aromatic carbocycles. The number of nitrogens with one attached hydrogen (secondary N) is 4. The summed E-state index contributed by atoms with van der Waals surface area (Å²) in [5.41, 5.74) is 7.34. The van der Waals surface area contributed by atoms with Crippen LogP contribution in [0.5, 0.6) is 5.75 Å². The Morgan fingerprint density at radius 3 is 2.70 bits per heavy atom. The predicted molar refractivity (Wildman–Crippen MR) is 106 cm³/mol. The Bertz CT molecular complexity index is 835. The lowest BCUT2D eigenvalue weighted by Crippen LogP contribution is -2.50. The quantitative estimate of drug-likeness (QED) is 0.477. The summed E-state index contributed by atoms with van der Waals surface area (Å²) in [4.78, 5) is 12.3. The molecule has 2 aliphatic carbocycles. The number of hydrogen-bond donors (Lipinski definition) is 4. The number of H-pyrrole nitrogens is 1. The average molecular weight is 385 g/mol. The average Bonchev–Trinajstić information content (AvgIpc) is 3.43. The smallest absolute Gasteiger partial charge is 0.287 e. The molecule has 0 aliphatic heterocycles. The SMILES string of the molecule is COc1ccc(-c2cc(C(=O)NNC(=S)NC3CC4CCC3C4)[nH]n2)cc1. The number of aromatic amines is 1. The number of thiocarbonyl (C=S) groups is 1. The predicted octanol–water partition coefficient (Wildman–Crippen LogP) is 2.38. The Balaban J connectivity index is 1.29. The summed E-state index contributed by atoms with van der Waals surface area (Å²) in [6.07, 6.45) is 5.09. The van der Waals surface area contributed by atoms with Crippen molar-refractivity contribution in [2.75, 3.05) is 7.11 Å². The van der Waals surface area contributed by atoms with Crippen LogP contribution in [0.15, 0.2) is 30.3 Å². The Morgan fingerprint density at radius 1 is 1.22 bits per heavy atom. The standard InChI is InChI=1S/C19H23N5O2S/c1-26-14-6-4-12(5-7-14)16-10-17(22-21-16)18(25)23-24-19(27)20-15-9-11-2-3-13(15)8-11/h4-7,10-11,13,15H,2-3,8-9H2,1H3,(H,21,22)(H,23,25)(H2,20,24,27). The molecule has 7 nitrogen and oxygen atoms in total. The fourth-order valence-electron chi connectivity index (χ4n) is 4.15. The van der Waals surface area contributed by atoms with Crippen LogP contribution in [-0.2, 0) is 0 Å². The molecule has 0 radical (unpaired) electrons. The molecule has 2 fully saturated rings. The number of nitrogens with zero attached hydrogens (tertiary/aromatic N) is 1. The molecule has 2 aromatic rings. The fraction of sp³-hybridized carbons (Fsp3) is 0.421. The topological polar surface area (TPSA) is 91.1 Å². The molecule has 4 rings (SSSR count). The highest BCUT2D eigenvalue weighted by molar-refractivity contribution is 7.80. The minimum atomic E-state index is -0.320. The molecule has 142 valence electrons. The molecule has 2 saturated carbocycles. The van der Waals surface area contributed by atoms with Gasteiger partial charge in [-0.1, -0.05) is 6.42 Å². The number of hydrogen-bond acceptors (Lipinski definition) is 4. The maximum absolute atomic E-state index is 12.3. The number of methoxy groups -OCH3 is 1. The molecule has 1 amide bonds. The van der Waals surface area contributed by atoms with Gasteiger partial charge in [-0.3, -0.25) is 20.7 Å². The van der Waals surface area contributed by atoms with Crippen molar-refractivity contribution in [2.45, 2.75) is 31.7 Å². The second-order valence-corrected chi connectivity index (χ2v) is 7.64. The van der Waals surface area contributed by atoms with Gasteiger partial charge in [0.05, 0.1) is 12.8 Å². The third kappa shape index (κ3) is 3.90. The summed E-state index contributed by atoms with van der Waals surface area (Å²) in [6, 6.07) is 9.61. The largest absolute Gasteiger partial charge is 0.497 e. The number of benzene rings is 1. The maximum Gasteiger partial charge on any atom is 0.287 e. The van der Waals surface area contributed by atoms with Crippen molar-refractivity contribution < 1.29 is 9.53 Å². The highest BCUT2D eigenvalue weighted by Crippen LogP contribution is 2.44. The minimum absolute atomic E-state index is 0.320. The van der Waals surface area contributed by atoms with E-state index in [1.807, 2.05) is 24.3 Å². The number of amides is 1. The van der Waals surface area contributed by atoms with E-state index in [-0.39, 0.29) is 5.91 Å². The third-order valence-electron chi connectivity index (χ3n) is 5.55. The van der Waals surface area contributed by atoms with Gasteiger partial charge in [-0.25, -0.2) is 0 Å². The Morgan fingerprint density at radius 2 is 2.04 bits per heavy atom. The maximum atomic E-state index is 12.3. The van der Waals surface area contributed by atoms with Crippen molar-refractivity contribution in [3.63, 3.8) is 0 Å². The van der Waals surface area contributed by atoms with Gasteiger partial charge in [0.1, 0.15) is 11.4 Å². The van der Waals surface area contributed by atoms with Gasteiger partial charge in [-0.2, -0.15) is 5.10 Å². The fourth-order valence-corrected chi connectivity index (χ4v) is 4.36. The van der Waals surface area contributed by atoms with E-state index in [0.717, 1.165) is 17.2 Å². The van der Waals surface area contributed by atoms with Crippen molar-refractivity contribution in [3.05, 3.63) is 36.0 Å². The first-order chi connectivity index (χ1) is 13.1. The first-order valence-corrected chi connectivity index (χ1v) is 9.60. The highest BCUT2D eigenvalue weighted by atomic mass is 32.1. The second-order valence-electron chi connectivity index (χ2n) is 7.23. The summed E-state index contributed by atoms with van der Waals surface area (Å²) in [5.74, 6) is 2.00. The Labute approximate surface area is 163 Å². The van der Waals surface area contributed by atoms with E-state index in [4.69, 9.17) is 17.0 Å². The van der Waals surface area contributed by atoms with E-state index in [1.165, 1.54) is 25.7 Å². The van der Waals surface area contributed by atoms with Gasteiger partial charge in [-0.15, -0.1) is 0 Å². The van der Waals surface area contributed by atoms with Crippen molar-refractivity contribution in [1.29, 1.82) is 0 Å². The lowest BCUT2D eigenvalue weighted by atomic mass is 9.96. The van der Waals surface area contributed by atoms with Gasteiger partial charge >= 0.3 is 0 Å². The normalized spacial score (nSPS) is 23.1. The number of ether oxygens (including phenoxy) is 1. The molecule has 8 heteroatoms. The van der Waals surface area contributed by atoms with Crippen molar-refractivity contribution in [3.8, 4) is 17.0 Å². The Hall–Kier alpha value is -2.61. The molecule has 3 atom stereocenters. The molecule has 1 heterocycles. The molecular formula is C19H23N5O2S. The van der Waals surface area contributed by atoms with Crippen molar-refractivity contribution in [2.24, 2.45) is 11.8 Å². The van der Waals surface area contributed by atoms with Crippen LogP contribution in [0.2, 0.25) is 0 Å². The Kier molecular flexibility index (Phi) is 4.98. The molecule has 0 spiro atoms. The number of aromatic nitrogens is 2. The minimum Gasteiger partial charge on any atom is -0.497 e. The number of rotatable bonds is 4. The molecule has 3 unspecified atom stereocenters. The monoisotopic (exact) mass is 385 g/mol. The van der Waals surface area contributed by atoms with Crippen molar-refractivity contribution >= 4 is 23.2 Å². The molecule has 1 aromatic heterocycles. The molecule has 2 aliphatic rings.